The number of rotatable bonds is 13. The molecule has 96 heavy (non-hydrogen) atoms. The molecule has 14 aromatic carbocycles. The zero-order valence-corrected chi connectivity index (χ0v) is 52.1. The predicted molar refractivity (Wildman–Crippen MR) is 391 cm³/mol. The summed E-state index contributed by atoms with van der Waals surface area (Å²) >= 11 is 0. The third kappa shape index (κ3) is 8.51. The van der Waals surface area contributed by atoms with Crippen molar-refractivity contribution in [3.05, 3.63) is 396 Å². The van der Waals surface area contributed by atoms with Gasteiger partial charge in [-0.3, -0.25) is 0 Å². The molecule has 0 radical (unpaired) electrons. The fourth-order valence-corrected chi connectivity index (χ4v) is 15.9. The van der Waals surface area contributed by atoms with Crippen molar-refractivity contribution in [2.24, 2.45) is 0 Å². The van der Waals surface area contributed by atoms with Crippen LogP contribution in [0.3, 0.4) is 0 Å². The lowest BCUT2D eigenvalue weighted by Crippen LogP contribution is -2.29. The van der Waals surface area contributed by atoms with E-state index < -0.39 is 10.8 Å². The van der Waals surface area contributed by atoms with Crippen LogP contribution < -0.4 is 9.80 Å². The topological polar surface area (TPSA) is 32.8 Å². The Balaban J connectivity index is 0.791. The van der Waals surface area contributed by atoms with Gasteiger partial charge < -0.3 is 18.6 Å². The molecule has 2 atom stereocenters. The second-order valence-electron chi connectivity index (χ2n) is 25.0. The van der Waals surface area contributed by atoms with Crippen LogP contribution in [0.5, 0.6) is 0 Å². The van der Waals surface area contributed by atoms with E-state index in [2.05, 4.69) is 253 Å². The van der Waals surface area contributed by atoms with Gasteiger partial charge in [-0.2, -0.15) is 0 Å². The molecule has 2 aliphatic rings. The van der Waals surface area contributed by atoms with E-state index in [1.165, 1.54) is 0 Å². The van der Waals surface area contributed by atoms with E-state index in [0.717, 1.165) is 167 Å². The Morgan fingerprint density at radius 3 is 1.02 bits per heavy atom. The molecule has 18 rings (SSSR count). The predicted octanol–water partition coefficient (Wildman–Crippen LogP) is 24.4. The lowest BCUT2D eigenvalue weighted by atomic mass is 9.67. The van der Waals surface area contributed by atoms with E-state index in [1.54, 1.807) is 24.3 Å². The Labute approximate surface area is 554 Å². The summed E-state index contributed by atoms with van der Waals surface area (Å²) in [7, 11) is 0. The number of nitrogens with zero attached hydrogens (tertiary/aromatic N) is 2. The fourth-order valence-electron chi connectivity index (χ4n) is 15.9. The number of benzene rings is 14. The molecule has 0 saturated heterocycles. The van der Waals surface area contributed by atoms with E-state index in [1.807, 2.05) is 72.8 Å². The minimum absolute atomic E-state index is 0.290. The first-order chi connectivity index (χ1) is 47.3. The maximum atomic E-state index is 15.1. The number of furan rings is 2. The molecule has 16 aromatic rings. The summed E-state index contributed by atoms with van der Waals surface area (Å²) < 4.78 is 43.4. The molecule has 2 aliphatic carbocycles. The maximum absolute atomic E-state index is 15.1. The van der Waals surface area contributed by atoms with Crippen molar-refractivity contribution in [2.45, 2.75) is 10.8 Å². The van der Waals surface area contributed by atoms with Gasteiger partial charge >= 0.3 is 0 Å². The molecule has 2 unspecified atom stereocenters. The van der Waals surface area contributed by atoms with E-state index in [9.17, 15) is 0 Å². The van der Waals surface area contributed by atoms with Gasteiger partial charge in [-0.15, -0.1) is 0 Å². The Morgan fingerprint density at radius 2 is 0.625 bits per heavy atom. The molecule has 0 amide bonds. The van der Waals surface area contributed by atoms with Crippen molar-refractivity contribution in [2.75, 3.05) is 9.80 Å². The summed E-state index contributed by atoms with van der Waals surface area (Å²) in [6, 6.07) is 109. The van der Waals surface area contributed by atoms with E-state index in [-0.39, 0.29) is 11.6 Å². The van der Waals surface area contributed by atoms with Gasteiger partial charge in [0, 0.05) is 33.5 Å². The Kier molecular flexibility index (Phi) is 13.0. The minimum Gasteiger partial charge on any atom is -0.456 e. The van der Waals surface area contributed by atoms with Crippen LogP contribution in [0.25, 0.3) is 89.4 Å². The maximum Gasteiger partial charge on any atom is 0.137 e. The smallest absolute Gasteiger partial charge is 0.137 e. The molecule has 0 saturated carbocycles. The Bertz CT molecular complexity index is 5410. The van der Waals surface area contributed by atoms with Crippen LogP contribution in [-0.4, -0.2) is 0 Å². The third-order valence-corrected chi connectivity index (χ3v) is 20.1. The largest absolute Gasteiger partial charge is 0.456 e. The van der Waals surface area contributed by atoms with Gasteiger partial charge in [0.2, 0.25) is 0 Å². The van der Waals surface area contributed by atoms with Crippen LogP contribution in [0.2, 0.25) is 0 Å². The highest BCUT2D eigenvalue weighted by Gasteiger charge is 2.48. The average molecular weight is 1240 g/mol. The van der Waals surface area contributed by atoms with Crippen molar-refractivity contribution in [1.82, 2.24) is 0 Å². The van der Waals surface area contributed by atoms with Gasteiger partial charge in [-0.1, -0.05) is 232 Å². The molecule has 0 spiro atoms. The van der Waals surface area contributed by atoms with Gasteiger partial charge in [0.25, 0.3) is 0 Å². The van der Waals surface area contributed by atoms with Gasteiger partial charge in [0.05, 0.1) is 33.0 Å². The summed E-state index contributed by atoms with van der Waals surface area (Å²) in [6.45, 7) is 8.16. The molecule has 0 N–H and O–H groups in total. The van der Waals surface area contributed by atoms with Crippen LogP contribution in [-0.2, 0) is 10.8 Å². The molecule has 2 heterocycles. The normalized spacial score (nSPS) is 15.1. The number of halogens is 2. The molecule has 0 fully saturated rings. The minimum atomic E-state index is -0.806. The molecule has 454 valence electrons. The zero-order chi connectivity index (χ0) is 64.2. The first-order valence-electron chi connectivity index (χ1n) is 32.4. The van der Waals surface area contributed by atoms with Gasteiger partial charge in [0.1, 0.15) is 34.0 Å². The molecule has 4 nitrogen and oxygen atoms in total. The summed E-state index contributed by atoms with van der Waals surface area (Å²) in [5.74, 6) is -0.580. The number of para-hydroxylation sites is 2. The fraction of sp³-hybridized carbons (Fsp3) is 0.0222. The van der Waals surface area contributed by atoms with Crippen LogP contribution in [0.15, 0.2) is 337 Å². The van der Waals surface area contributed by atoms with Crippen LogP contribution in [0, 0.1) is 11.6 Å². The van der Waals surface area contributed by atoms with Gasteiger partial charge in [-0.05, 0) is 198 Å². The standard InChI is InChI=1S/C90H58F2N2O2/c1-3-57-27-35-61(36-28-57)89(63-39-43-65(91)44-40-63)77-19-9-5-15-71(77)73-53-51-69(55-79(73)89)93(81-21-13-25-85-87(81)75-17-7-11-23-83(75)95-85)67-47-31-59(32-48-67)60-33-49-68(50-34-60)94(82-22-14-26-86-88(82)76-18-8-12-24-84(76)96-86)70-52-54-74-72-16-6-10-20-78(72)90(80(74)56-70,64-41-45-66(92)46-42-64)62-37-29-58(4-2)30-38-62/h3-56H,1-2H2. The number of hydrogen-bond donors (Lipinski definition) is 0. The van der Waals surface area contributed by atoms with Gasteiger partial charge in [0.15, 0.2) is 0 Å². The molecular formula is C90H58F2N2O2. The number of fused-ring (bicyclic) bond motifs is 12. The van der Waals surface area contributed by atoms with Crippen LogP contribution >= 0.6 is 0 Å². The molecular weight excluding hydrogens is 1180 g/mol. The van der Waals surface area contributed by atoms with Crippen LogP contribution in [0.4, 0.5) is 42.9 Å². The number of anilines is 6. The number of hydrogen-bond acceptors (Lipinski definition) is 4. The summed E-state index contributed by atoms with van der Waals surface area (Å²) in [5.41, 5.74) is 24.4. The van der Waals surface area contributed by atoms with Crippen molar-refractivity contribution >= 4 is 90.2 Å². The zero-order valence-electron chi connectivity index (χ0n) is 52.1. The van der Waals surface area contributed by atoms with E-state index in [4.69, 9.17) is 8.83 Å². The summed E-state index contributed by atoms with van der Waals surface area (Å²) in [6.07, 6.45) is 3.73. The molecule has 2 aromatic heterocycles. The van der Waals surface area contributed by atoms with E-state index >= 15 is 8.78 Å². The second-order valence-corrected chi connectivity index (χ2v) is 25.0. The highest BCUT2D eigenvalue weighted by Crippen LogP contribution is 2.60. The SMILES string of the molecule is C=Cc1ccc(C2(c3ccc(F)cc3)c3ccccc3-c3ccc(N(c4ccc(-c5ccc(N(c6ccc7c(c6)C(c6ccc(F)cc6)(c6ccc(C=C)cc6)c6ccccc6-7)c6cccc7oc8ccccc8c67)cc5)cc4)c4cccc5oc6ccccc6c45)cc32)cc1. The second kappa shape index (κ2) is 22.2. The lowest BCUT2D eigenvalue weighted by Gasteiger charge is -2.35. The molecule has 6 heteroatoms. The first-order valence-corrected chi connectivity index (χ1v) is 32.4. The highest BCUT2D eigenvalue weighted by molar-refractivity contribution is 6.15. The van der Waals surface area contributed by atoms with Crippen molar-refractivity contribution in [3.8, 4) is 33.4 Å². The van der Waals surface area contributed by atoms with Crippen molar-refractivity contribution in [3.63, 3.8) is 0 Å². The summed E-state index contributed by atoms with van der Waals surface area (Å²) in [4.78, 5) is 4.70. The summed E-state index contributed by atoms with van der Waals surface area (Å²) in [5, 5.41) is 4.04. The molecule has 0 bridgehead atoms. The Morgan fingerprint density at radius 1 is 0.292 bits per heavy atom. The Hall–Kier alpha value is -12.4. The monoisotopic (exact) mass is 1240 g/mol. The van der Waals surface area contributed by atoms with E-state index in [0.29, 0.717) is 0 Å². The highest BCUT2D eigenvalue weighted by atomic mass is 19.1. The van der Waals surface area contributed by atoms with Crippen LogP contribution in [0.1, 0.15) is 55.6 Å². The first kappa shape index (κ1) is 56.4. The average Bonchev–Trinajstić information content (AvgIpc) is 1.53. The quantitative estimate of drug-likeness (QED) is 0.115. The van der Waals surface area contributed by atoms with Crippen molar-refractivity contribution < 1.29 is 17.6 Å². The lowest BCUT2D eigenvalue weighted by molar-refractivity contribution is 0.624. The van der Waals surface area contributed by atoms with Crippen molar-refractivity contribution in [1.29, 1.82) is 0 Å². The van der Waals surface area contributed by atoms with Gasteiger partial charge in [-0.25, -0.2) is 8.78 Å². The molecule has 0 aliphatic heterocycles. The third-order valence-electron chi connectivity index (χ3n) is 20.1.